The summed E-state index contributed by atoms with van der Waals surface area (Å²) < 4.78 is 102. The van der Waals surface area contributed by atoms with Crippen LogP contribution in [0.5, 0.6) is 0 Å². The molecule has 2 aromatic carbocycles. The lowest BCUT2D eigenvalue weighted by Gasteiger charge is -2.37. The van der Waals surface area contributed by atoms with E-state index in [1.807, 2.05) is 0 Å². The number of carbonyl (C=O) groups is 2. The molecule has 3 amide bonds. The summed E-state index contributed by atoms with van der Waals surface area (Å²) in [5.74, 6) is -0.247. The van der Waals surface area contributed by atoms with Gasteiger partial charge in [-0.25, -0.2) is 26.4 Å². The summed E-state index contributed by atoms with van der Waals surface area (Å²) in [4.78, 5) is 29.2. The topological polar surface area (TPSA) is 133 Å². The molecular formula is C28H33F3N4O7S2. The maximum Gasteiger partial charge on any atom is 0.417 e. The summed E-state index contributed by atoms with van der Waals surface area (Å²) in [5, 5.41) is 0. The molecule has 3 fully saturated rings. The van der Waals surface area contributed by atoms with E-state index in [0.29, 0.717) is 57.8 Å². The third kappa shape index (κ3) is 6.72. The number of nitrogens with zero attached hydrogens (tertiary/aromatic N) is 3. The second kappa shape index (κ2) is 12.7. The van der Waals surface area contributed by atoms with Gasteiger partial charge in [0, 0.05) is 38.8 Å². The Kier molecular flexibility index (Phi) is 9.26. The van der Waals surface area contributed by atoms with Gasteiger partial charge < -0.3 is 19.4 Å². The molecule has 3 saturated heterocycles. The second-order valence-corrected chi connectivity index (χ2v) is 14.6. The van der Waals surface area contributed by atoms with Crippen LogP contribution in [0, 0.1) is 0 Å². The molecule has 3 aliphatic rings. The first kappa shape index (κ1) is 32.2. The molecule has 5 rings (SSSR count). The minimum absolute atomic E-state index is 0.123. The van der Waals surface area contributed by atoms with E-state index in [1.54, 1.807) is 20.8 Å². The molecule has 3 heterocycles. The van der Waals surface area contributed by atoms with Crippen LogP contribution >= 0.6 is 0 Å². The molecule has 0 aliphatic carbocycles. The van der Waals surface area contributed by atoms with Crippen LogP contribution in [0.2, 0.25) is 0 Å². The number of piperidine rings is 1. The average molecular weight is 659 g/mol. The SMILES string of the molecule is O=C([C@@H]1CCCN1C(=O)N1CCOCC1)N1CCC(NS(=O)(=O)c2cc(S(=O)(=O)c3ccccc3)ccc2C(F)(F)F)CC1. The number of hydrogen-bond acceptors (Lipinski definition) is 7. The van der Waals surface area contributed by atoms with E-state index in [2.05, 4.69) is 4.72 Å². The zero-order valence-corrected chi connectivity index (χ0v) is 25.3. The Morgan fingerprint density at radius 1 is 0.818 bits per heavy atom. The van der Waals surface area contributed by atoms with Gasteiger partial charge in [-0.15, -0.1) is 0 Å². The summed E-state index contributed by atoms with van der Waals surface area (Å²) in [5.41, 5.74) is -1.49. The van der Waals surface area contributed by atoms with Crippen LogP contribution in [-0.4, -0.2) is 101 Å². The Labute approximate surface area is 253 Å². The first-order chi connectivity index (χ1) is 20.8. The summed E-state index contributed by atoms with van der Waals surface area (Å²) in [6.07, 6.45) is -3.65. The fourth-order valence-corrected chi connectivity index (χ4v) is 8.70. The van der Waals surface area contributed by atoms with Crippen molar-refractivity contribution in [2.24, 2.45) is 0 Å². The standard InChI is InChI=1S/C28H33F3N4O7S2/c29-28(30,31)23-9-8-22(43(38,39)21-5-2-1-3-6-21)19-25(23)44(40,41)32-20-10-13-33(14-11-20)26(36)24-7-4-12-35(24)27(37)34-15-17-42-18-16-34/h1-3,5-6,8-9,19-20,24,32H,4,7,10-18H2/t24-/m0/s1. The number of hydrogen-bond donors (Lipinski definition) is 1. The number of benzene rings is 2. The normalized spacial score (nSPS) is 20.6. The molecule has 3 aliphatic heterocycles. The lowest BCUT2D eigenvalue weighted by atomic mass is 10.0. The predicted octanol–water partition coefficient (Wildman–Crippen LogP) is 2.72. The Bertz CT molecular complexity index is 1590. The van der Waals surface area contributed by atoms with E-state index in [9.17, 15) is 39.6 Å². The molecule has 0 bridgehead atoms. The number of carbonyl (C=O) groups excluding carboxylic acids is 2. The third-order valence-corrected chi connectivity index (χ3v) is 11.4. The van der Waals surface area contributed by atoms with Crippen molar-refractivity contribution in [1.29, 1.82) is 0 Å². The van der Waals surface area contributed by atoms with Gasteiger partial charge in [0.15, 0.2) is 0 Å². The molecule has 0 spiro atoms. The smallest absolute Gasteiger partial charge is 0.378 e. The van der Waals surface area contributed by atoms with Crippen molar-refractivity contribution >= 4 is 31.8 Å². The number of halogens is 3. The highest BCUT2D eigenvalue weighted by Crippen LogP contribution is 2.36. The number of sulfone groups is 1. The first-order valence-corrected chi connectivity index (χ1v) is 17.2. The number of amides is 3. The van der Waals surface area contributed by atoms with Crippen molar-refractivity contribution in [2.45, 2.75) is 58.6 Å². The number of ether oxygens (including phenoxy) is 1. The minimum Gasteiger partial charge on any atom is -0.378 e. The van der Waals surface area contributed by atoms with Gasteiger partial charge in [-0.3, -0.25) is 4.79 Å². The highest BCUT2D eigenvalue weighted by molar-refractivity contribution is 7.91. The largest absolute Gasteiger partial charge is 0.417 e. The van der Waals surface area contributed by atoms with Crippen LogP contribution in [0.1, 0.15) is 31.2 Å². The fourth-order valence-electron chi connectivity index (χ4n) is 5.76. The van der Waals surface area contributed by atoms with Gasteiger partial charge in [0.2, 0.25) is 25.8 Å². The zero-order chi connectivity index (χ0) is 31.7. The van der Waals surface area contributed by atoms with Crippen LogP contribution in [-0.2, 0) is 35.6 Å². The summed E-state index contributed by atoms with van der Waals surface area (Å²) >= 11 is 0. The Morgan fingerprint density at radius 2 is 1.48 bits per heavy atom. The van der Waals surface area contributed by atoms with Crippen LogP contribution in [0.3, 0.4) is 0 Å². The van der Waals surface area contributed by atoms with Gasteiger partial charge in [0.05, 0.1) is 33.5 Å². The molecule has 1 N–H and O–H groups in total. The monoisotopic (exact) mass is 658 g/mol. The Balaban J connectivity index is 1.28. The molecule has 0 unspecified atom stereocenters. The number of nitrogens with one attached hydrogen (secondary N) is 1. The maximum atomic E-state index is 13.9. The van der Waals surface area contributed by atoms with Crippen molar-refractivity contribution < 1.29 is 44.3 Å². The van der Waals surface area contributed by atoms with Crippen LogP contribution in [0.4, 0.5) is 18.0 Å². The van der Waals surface area contributed by atoms with Gasteiger partial charge in [0.1, 0.15) is 6.04 Å². The maximum absolute atomic E-state index is 13.9. The van der Waals surface area contributed by atoms with E-state index < -0.39 is 53.5 Å². The minimum atomic E-state index is -5.07. The van der Waals surface area contributed by atoms with E-state index in [-0.39, 0.29) is 42.8 Å². The van der Waals surface area contributed by atoms with E-state index >= 15 is 0 Å². The first-order valence-electron chi connectivity index (χ1n) is 14.2. The third-order valence-electron chi connectivity index (χ3n) is 8.11. The van der Waals surface area contributed by atoms with Crippen molar-refractivity contribution in [3.8, 4) is 0 Å². The van der Waals surface area contributed by atoms with Gasteiger partial charge in [-0.1, -0.05) is 18.2 Å². The molecular weight excluding hydrogens is 625 g/mol. The molecule has 2 aromatic rings. The lowest BCUT2D eigenvalue weighted by molar-refractivity contribution is -0.140. The van der Waals surface area contributed by atoms with Gasteiger partial charge in [0.25, 0.3) is 0 Å². The summed E-state index contributed by atoms with van der Waals surface area (Å²) in [7, 11) is -9.13. The molecule has 1 atom stereocenters. The van der Waals surface area contributed by atoms with E-state index in [4.69, 9.17) is 4.74 Å². The number of likely N-dealkylation sites (tertiary alicyclic amines) is 2. The molecule has 0 radical (unpaired) electrons. The van der Waals surface area contributed by atoms with Crippen LogP contribution in [0.15, 0.2) is 63.2 Å². The summed E-state index contributed by atoms with van der Waals surface area (Å²) in [6.45, 7) is 2.47. The molecule has 240 valence electrons. The van der Waals surface area contributed by atoms with Gasteiger partial charge in [-0.05, 0) is 56.0 Å². The zero-order valence-electron chi connectivity index (χ0n) is 23.7. The molecule has 16 heteroatoms. The van der Waals surface area contributed by atoms with Gasteiger partial charge >= 0.3 is 12.2 Å². The molecule has 0 aromatic heterocycles. The lowest BCUT2D eigenvalue weighted by Crippen LogP contribution is -2.55. The summed E-state index contributed by atoms with van der Waals surface area (Å²) in [6, 6.07) is 7.06. The van der Waals surface area contributed by atoms with Crippen LogP contribution in [0.25, 0.3) is 0 Å². The number of morpholine rings is 1. The molecule has 0 saturated carbocycles. The van der Waals surface area contributed by atoms with Gasteiger partial charge in [-0.2, -0.15) is 13.2 Å². The fraction of sp³-hybridized carbons (Fsp3) is 0.500. The van der Waals surface area contributed by atoms with Crippen molar-refractivity contribution in [3.63, 3.8) is 0 Å². The molecule has 44 heavy (non-hydrogen) atoms. The molecule has 11 nitrogen and oxygen atoms in total. The Morgan fingerprint density at radius 3 is 2.11 bits per heavy atom. The highest BCUT2D eigenvalue weighted by Gasteiger charge is 2.41. The number of alkyl halides is 3. The Hall–Kier alpha value is -3.21. The quantitative estimate of drug-likeness (QED) is 0.505. The number of sulfonamides is 1. The van der Waals surface area contributed by atoms with Crippen molar-refractivity contribution in [3.05, 3.63) is 54.1 Å². The van der Waals surface area contributed by atoms with Crippen molar-refractivity contribution in [1.82, 2.24) is 19.4 Å². The van der Waals surface area contributed by atoms with Crippen LogP contribution < -0.4 is 4.72 Å². The predicted molar refractivity (Wildman–Crippen MR) is 151 cm³/mol. The van der Waals surface area contributed by atoms with E-state index in [0.717, 1.165) is 6.07 Å². The van der Waals surface area contributed by atoms with E-state index in [1.165, 1.54) is 24.3 Å². The average Bonchev–Trinajstić information content (AvgIpc) is 3.51. The highest BCUT2D eigenvalue weighted by atomic mass is 32.2. The number of rotatable bonds is 6. The number of urea groups is 1. The van der Waals surface area contributed by atoms with Crippen molar-refractivity contribution in [2.75, 3.05) is 45.9 Å². The second-order valence-electron chi connectivity index (χ2n) is 10.9.